The van der Waals surface area contributed by atoms with Crippen LogP contribution in [0, 0.1) is 17.3 Å². The molecule has 31 heavy (non-hydrogen) atoms. The average molecular weight is 478 g/mol. The topological polar surface area (TPSA) is 66.4 Å². The van der Waals surface area contributed by atoms with E-state index in [1.807, 2.05) is 0 Å². The summed E-state index contributed by atoms with van der Waals surface area (Å²) in [5, 5.41) is 10.7. The van der Waals surface area contributed by atoms with E-state index >= 15 is 0 Å². The third-order valence-corrected chi connectivity index (χ3v) is 6.78. The van der Waals surface area contributed by atoms with Gasteiger partial charge in [0.15, 0.2) is 5.78 Å². The number of halogens is 3. The molecule has 2 aromatic rings. The Kier molecular flexibility index (Phi) is 6.52. The van der Waals surface area contributed by atoms with Gasteiger partial charge in [0.1, 0.15) is 31.3 Å². The van der Waals surface area contributed by atoms with Crippen LogP contribution in [-0.4, -0.2) is 26.4 Å². The molecule has 162 valence electrons. The van der Waals surface area contributed by atoms with Crippen molar-refractivity contribution in [3.63, 3.8) is 0 Å². The number of Topliss-reactive ketones (excluding diaryl/α,β-unsaturated/α-hetero) is 1. The van der Waals surface area contributed by atoms with Crippen molar-refractivity contribution in [1.29, 1.82) is 0 Å². The van der Waals surface area contributed by atoms with Crippen molar-refractivity contribution in [1.82, 2.24) is 0 Å². The molecule has 0 saturated carbocycles. The van der Waals surface area contributed by atoms with E-state index in [0.29, 0.717) is 11.1 Å². The zero-order valence-electron chi connectivity index (χ0n) is 17.3. The molecule has 0 spiro atoms. The maximum Gasteiger partial charge on any atom is 0.176 e. The number of ketones is 1. The third-order valence-electron chi connectivity index (χ3n) is 5.00. The summed E-state index contributed by atoms with van der Waals surface area (Å²) in [5.41, 5.74) is 3.69. The highest BCUT2D eigenvalue weighted by Crippen LogP contribution is 2.48. The van der Waals surface area contributed by atoms with Gasteiger partial charge in [0, 0.05) is 12.0 Å². The number of ether oxygens (including phenoxy) is 1. The number of carboxylic acids is 1. The van der Waals surface area contributed by atoms with Crippen molar-refractivity contribution in [2.75, 3.05) is 6.61 Å². The summed E-state index contributed by atoms with van der Waals surface area (Å²) in [7, 11) is -1.69. The number of fused-ring (bicyclic) bond motifs is 1. The third kappa shape index (κ3) is 4.79. The normalized spacial score (nSPS) is 17.7. The first-order valence-corrected chi connectivity index (χ1v) is 13.8. The van der Waals surface area contributed by atoms with Gasteiger partial charge in [-0.1, -0.05) is 55.0 Å². The lowest BCUT2D eigenvalue weighted by Gasteiger charge is -2.26. The number of carbonyl (C=O) groups is 2. The molecule has 1 aliphatic rings. The van der Waals surface area contributed by atoms with Crippen LogP contribution in [-0.2, 0) is 16.6 Å². The first-order chi connectivity index (χ1) is 14.4. The number of carbonyl (C=O) groups excluding carboxylic acids is 2. The molecule has 0 N–H and O–H groups in total. The molecule has 1 unspecified atom stereocenters. The molecule has 1 atom stereocenters. The average Bonchev–Trinajstić information content (AvgIpc) is 2.95. The Hall–Kier alpha value is -2.33. The largest absolute Gasteiger partial charge is 0.546 e. The maximum absolute atomic E-state index is 13.7. The monoisotopic (exact) mass is 477 g/mol. The van der Waals surface area contributed by atoms with E-state index < -0.39 is 31.9 Å². The molecular formula is C23H20Cl2FO4Si-. The smallest absolute Gasteiger partial charge is 0.176 e. The van der Waals surface area contributed by atoms with E-state index in [1.54, 1.807) is 12.1 Å². The summed E-state index contributed by atoms with van der Waals surface area (Å²) in [5.74, 6) is 1.17. The Morgan fingerprint density at radius 3 is 2.45 bits per heavy atom. The predicted octanol–water partition coefficient (Wildman–Crippen LogP) is 4.21. The van der Waals surface area contributed by atoms with Crippen molar-refractivity contribution in [2.24, 2.45) is 0 Å². The molecule has 0 saturated heterocycles. The summed E-state index contributed by atoms with van der Waals surface area (Å²) >= 11 is 12.7. The van der Waals surface area contributed by atoms with Gasteiger partial charge in [-0.25, -0.2) is 4.39 Å². The Morgan fingerprint density at radius 2 is 1.87 bits per heavy atom. The molecule has 0 bridgehead atoms. The van der Waals surface area contributed by atoms with Gasteiger partial charge >= 0.3 is 0 Å². The van der Waals surface area contributed by atoms with E-state index in [2.05, 4.69) is 31.1 Å². The highest BCUT2D eigenvalue weighted by molar-refractivity contribution is 6.83. The fourth-order valence-electron chi connectivity index (χ4n) is 3.63. The molecule has 0 aromatic heterocycles. The van der Waals surface area contributed by atoms with Crippen LogP contribution in [0.25, 0.3) is 0 Å². The number of rotatable bonds is 5. The molecule has 0 amide bonds. The summed E-state index contributed by atoms with van der Waals surface area (Å²) in [6.07, 6.45) is 0.491. The van der Waals surface area contributed by atoms with E-state index in [-0.39, 0.29) is 40.0 Å². The molecule has 1 aliphatic carbocycles. The summed E-state index contributed by atoms with van der Waals surface area (Å²) in [6, 6.07) is 7.31. The second-order valence-corrected chi connectivity index (χ2v) is 14.0. The van der Waals surface area contributed by atoms with Crippen LogP contribution in [0.15, 0.2) is 30.3 Å². The van der Waals surface area contributed by atoms with Crippen LogP contribution in [0.3, 0.4) is 0 Å². The minimum atomic E-state index is -1.69. The first-order valence-electron chi connectivity index (χ1n) is 9.59. The van der Waals surface area contributed by atoms with Gasteiger partial charge in [-0.3, -0.25) is 4.79 Å². The van der Waals surface area contributed by atoms with Gasteiger partial charge in [-0.2, -0.15) is 0 Å². The zero-order chi connectivity index (χ0) is 23.0. The Morgan fingerprint density at radius 1 is 1.23 bits per heavy atom. The lowest BCUT2D eigenvalue weighted by Crippen LogP contribution is -2.33. The van der Waals surface area contributed by atoms with Crippen LogP contribution in [0.2, 0.25) is 29.7 Å². The highest BCUT2D eigenvalue weighted by atomic mass is 35.5. The summed E-state index contributed by atoms with van der Waals surface area (Å²) in [4.78, 5) is 24.4. The van der Waals surface area contributed by atoms with E-state index in [0.717, 1.165) is 0 Å². The lowest BCUT2D eigenvalue weighted by molar-refractivity contribution is -0.307. The number of hydrogen-bond donors (Lipinski definition) is 0. The van der Waals surface area contributed by atoms with Crippen LogP contribution >= 0.6 is 23.2 Å². The minimum absolute atomic E-state index is 0.000318. The van der Waals surface area contributed by atoms with E-state index in [9.17, 15) is 19.1 Å². The minimum Gasteiger partial charge on any atom is -0.546 e. The maximum atomic E-state index is 13.7. The number of aliphatic carboxylic acids is 1. The Balaban J connectivity index is 2.12. The van der Waals surface area contributed by atoms with Crippen molar-refractivity contribution >= 4 is 43.0 Å². The summed E-state index contributed by atoms with van der Waals surface area (Å²) in [6.45, 7) is 5.61. The van der Waals surface area contributed by atoms with Gasteiger partial charge in [0.05, 0.1) is 16.4 Å². The van der Waals surface area contributed by atoms with Gasteiger partial charge in [-0.05, 0) is 35.7 Å². The van der Waals surface area contributed by atoms with Crippen molar-refractivity contribution in [2.45, 2.75) is 37.9 Å². The van der Waals surface area contributed by atoms with Crippen molar-refractivity contribution < 1.29 is 23.8 Å². The lowest BCUT2D eigenvalue weighted by atomic mass is 9.74. The van der Waals surface area contributed by atoms with Crippen LogP contribution < -0.4 is 9.84 Å². The van der Waals surface area contributed by atoms with Crippen molar-refractivity contribution in [3.05, 3.63) is 62.9 Å². The number of carboxylic acid groups (broad SMARTS) is 1. The Bertz CT molecular complexity index is 1110. The molecule has 4 nitrogen and oxygen atoms in total. The van der Waals surface area contributed by atoms with Gasteiger partial charge in [0.25, 0.3) is 0 Å². The fraction of sp³-hybridized carbons (Fsp3) is 0.304. The number of hydrogen-bond acceptors (Lipinski definition) is 4. The van der Waals surface area contributed by atoms with Crippen LogP contribution in [0.5, 0.6) is 5.75 Å². The Labute approximate surface area is 191 Å². The molecule has 2 aromatic carbocycles. The molecule has 0 radical (unpaired) electrons. The van der Waals surface area contributed by atoms with E-state index in [4.69, 9.17) is 27.9 Å². The molecule has 0 heterocycles. The second kappa shape index (κ2) is 8.66. The SMILES string of the molecule is C[Si](C)(C)C#CCC1(c2ccc(F)cc2)Cc2cc(OCC(=O)[O-])c(Cl)c(Cl)c2C1=O. The standard InChI is InChI=1S/C23H21Cl2FO4Si/c1-31(2,3)10-4-9-23(15-5-7-16(26)8-6-15)12-14-11-17(30-13-18(27)28)20(24)21(25)19(14)22(23)29/h5-8,11H,9,12-13H2,1-3H3,(H,27,28)/p-1. The molecular weight excluding hydrogens is 458 g/mol. The molecule has 0 fully saturated rings. The first kappa shape index (κ1) is 23.3. The molecule has 3 rings (SSSR count). The summed E-state index contributed by atoms with van der Waals surface area (Å²) < 4.78 is 18.8. The van der Waals surface area contributed by atoms with Crippen LogP contribution in [0.1, 0.15) is 27.9 Å². The van der Waals surface area contributed by atoms with Gasteiger partial charge in [-0.15, -0.1) is 11.5 Å². The quantitative estimate of drug-likeness (QED) is 0.477. The molecule has 8 heteroatoms. The second-order valence-electron chi connectivity index (χ2n) is 8.52. The van der Waals surface area contributed by atoms with Crippen molar-refractivity contribution in [3.8, 4) is 17.2 Å². The van der Waals surface area contributed by atoms with Crippen LogP contribution in [0.4, 0.5) is 4.39 Å². The fourth-order valence-corrected chi connectivity index (χ4v) is 4.75. The predicted molar refractivity (Wildman–Crippen MR) is 119 cm³/mol. The highest BCUT2D eigenvalue weighted by Gasteiger charge is 2.48. The van der Waals surface area contributed by atoms with E-state index in [1.165, 1.54) is 18.2 Å². The van der Waals surface area contributed by atoms with Gasteiger partial charge in [0.2, 0.25) is 0 Å². The van der Waals surface area contributed by atoms with Gasteiger partial charge < -0.3 is 14.6 Å². The zero-order valence-corrected chi connectivity index (χ0v) is 19.8. The molecule has 0 aliphatic heterocycles. The number of benzene rings is 2.